The van der Waals surface area contributed by atoms with Gasteiger partial charge in [-0.25, -0.2) is 0 Å². The van der Waals surface area contributed by atoms with Crippen molar-refractivity contribution < 1.29 is 0 Å². The standard InChI is InChI=1S/C8H16BrN/c1-4-5-10-7-8(2,3)6-9/h7H,4-6H2,1-3H3. The molecule has 0 aliphatic rings. The summed E-state index contributed by atoms with van der Waals surface area (Å²) < 4.78 is 0. The molecule has 0 aliphatic heterocycles. The summed E-state index contributed by atoms with van der Waals surface area (Å²) in [6, 6.07) is 0. The van der Waals surface area contributed by atoms with E-state index in [1.807, 2.05) is 6.21 Å². The van der Waals surface area contributed by atoms with Crippen LogP contribution in [0.2, 0.25) is 0 Å². The highest BCUT2D eigenvalue weighted by atomic mass is 79.9. The van der Waals surface area contributed by atoms with Gasteiger partial charge in [0.15, 0.2) is 0 Å². The normalized spacial score (nSPS) is 12.8. The van der Waals surface area contributed by atoms with E-state index in [1.165, 1.54) is 0 Å². The number of nitrogens with zero attached hydrogens (tertiary/aromatic N) is 1. The van der Waals surface area contributed by atoms with Crippen molar-refractivity contribution in [2.75, 3.05) is 11.9 Å². The van der Waals surface area contributed by atoms with Crippen molar-refractivity contribution in [3.05, 3.63) is 0 Å². The average molecular weight is 206 g/mol. The van der Waals surface area contributed by atoms with E-state index in [-0.39, 0.29) is 5.41 Å². The molecule has 0 spiro atoms. The molecule has 0 N–H and O–H groups in total. The molecule has 0 rings (SSSR count). The third kappa shape index (κ3) is 4.98. The van der Waals surface area contributed by atoms with Gasteiger partial charge in [-0.3, -0.25) is 4.99 Å². The highest BCUT2D eigenvalue weighted by molar-refractivity contribution is 9.09. The van der Waals surface area contributed by atoms with Gasteiger partial charge in [-0.15, -0.1) is 0 Å². The zero-order valence-electron chi connectivity index (χ0n) is 7.02. The van der Waals surface area contributed by atoms with E-state index in [0.717, 1.165) is 18.3 Å². The van der Waals surface area contributed by atoms with Crippen molar-refractivity contribution in [1.82, 2.24) is 0 Å². The molecular weight excluding hydrogens is 190 g/mol. The molecule has 1 nitrogen and oxygen atoms in total. The van der Waals surface area contributed by atoms with E-state index in [1.54, 1.807) is 0 Å². The summed E-state index contributed by atoms with van der Waals surface area (Å²) in [5.74, 6) is 0. The van der Waals surface area contributed by atoms with Crippen LogP contribution in [0, 0.1) is 5.41 Å². The third-order valence-electron chi connectivity index (χ3n) is 1.14. The molecule has 0 aromatic heterocycles. The molecule has 0 atom stereocenters. The second-order valence-electron chi connectivity index (χ2n) is 3.16. The van der Waals surface area contributed by atoms with Crippen LogP contribution in [0.1, 0.15) is 27.2 Å². The summed E-state index contributed by atoms with van der Waals surface area (Å²) in [4.78, 5) is 4.28. The van der Waals surface area contributed by atoms with E-state index >= 15 is 0 Å². The first-order chi connectivity index (χ1) is 4.62. The lowest BCUT2D eigenvalue weighted by molar-refractivity contribution is 0.621. The van der Waals surface area contributed by atoms with Crippen molar-refractivity contribution >= 4 is 22.1 Å². The van der Waals surface area contributed by atoms with E-state index in [0.29, 0.717) is 0 Å². The summed E-state index contributed by atoms with van der Waals surface area (Å²) >= 11 is 3.43. The average Bonchev–Trinajstić information content (AvgIpc) is 1.89. The van der Waals surface area contributed by atoms with Gasteiger partial charge < -0.3 is 0 Å². The molecule has 2 heteroatoms. The smallest absolute Gasteiger partial charge is 0.0383 e. The largest absolute Gasteiger partial charge is 0.297 e. The second kappa shape index (κ2) is 4.89. The van der Waals surface area contributed by atoms with E-state index < -0.39 is 0 Å². The minimum Gasteiger partial charge on any atom is -0.297 e. The van der Waals surface area contributed by atoms with Crippen LogP contribution in [0.25, 0.3) is 0 Å². The molecule has 0 amide bonds. The van der Waals surface area contributed by atoms with Gasteiger partial charge in [-0.05, 0) is 6.42 Å². The molecule has 0 aromatic carbocycles. The fourth-order valence-electron chi connectivity index (χ4n) is 0.475. The van der Waals surface area contributed by atoms with Crippen molar-refractivity contribution in [1.29, 1.82) is 0 Å². The van der Waals surface area contributed by atoms with Crippen LogP contribution in [0.15, 0.2) is 4.99 Å². The molecule has 0 saturated heterocycles. The summed E-state index contributed by atoms with van der Waals surface area (Å²) in [5.41, 5.74) is 0.217. The first-order valence-electron chi connectivity index (χ1n) is 3.69. The number of halogens is 1. The Balaban J connectivity index is 3.63. The lowest BCUT2D eigenvalue weighted by Crippen LogP contribution is -2.14. The Morgan fingerprint density at radius 1 is 1.50 bits per heavy atom. The van der Waals surface area contributed by atoms with Gasteiger partial charge in [-0.1, -0.05) is 36.7 Å². The predicted octanol–water partition coefficient (Wildman–Crippen LogP) is 2.89. The number of aliphatic imine (C=N–C) groups is 1. The van der Waals surface area contributed by atoms with Gasteiger partial charge in [0.2, 0.25) is 0 Å². The second-order valence-corrected chi connectivity index (χ2v) is 3.72. The molecule has 0 aliphatic carbocycles. The van der Waals surface area contributed by atoms with Crippen molar-refractivity contribution in [2.24, 2.45) is 10.4 Å². The molecule has 60 valence electrons. The number of rotatable bonds is 4. The zero-order valence-corrected chi connectivity index (χ0v) is 8.61. The number of alkyl halides is 1. The molecule has 10 heavy (non-hydrogen) atoms. The highest BCUT2D eigenvalue weighted by Gasteiger charge is 2.11. The Bertz CT molecular complexity index is 108. The van der Waals surface area contributed by atoms with Gasteiger partial charge in [0.25, 0.3) is 0 Å². The zero-order chi connectivity index (χ0) is 8.04. The molecule has 0 unspecified atom stereocenters. The molecule has 0 radical (unpaired) electrons. The minimum absolute atomic E-state index is 0.217. The maximum Gasteiger partial charge on any atom is 0.0383 e. The molecule has 0 bridgehead atoms. The van der Waals surface area contributed by atoms with E-state index in [2.05, 4.69) is 41.7 Å². The number of hydrogen-bond donors (Lipinski definition) is 0. The molecule has 0 heterocycles. The molecule has 0 saturated carbocycles. The van der Waals surface area contributed by atoms with Crippen LogP contribution in [-0.2, 0) is 0 Å². The fourth-order valence-corrected chi connectivity index (χ4v) is 0.620. The van der Waals surface area contributed by atoms with Crippen molar-refractivity contribution in [2.45, 2.75) is 27.2 Å². The van der Waals surface area contributed by atoms with Gasteiger partial charge in [0, 0.05) is 23.5 Å². The molecule has 0 fully saturated rings. The van der Waals surface area contributed by atoms with Crippen molar-refractivity contribution in [3.8, 4) is 0 Å². The summed E-state index contributed by atoms with van der Waals surface area (Å²) in [6.07, 6.45) is 3.17. The van der Waals surface area contributed by atoms with Gasteiger partial charge in [-0.2, -0.15) is 0 Å². The fraction of sp³-hybridized carbons (Fsp3) is 0.875. The van der Waals surface area contributed by atoms with E-state index in [9.17, 15) is 0 Å². The van der Waals surface area contributed by atoms with Crippen molar-refractivity contribution in [3.63, 3.8) is 0 Å². The van der Waals surface area contributed by atoms with Gasteiger partial charge >= 0.3 is 0 Å². The lowest BCUT2D eigenvalue weighted by Gasteiger charge is -2.13. The Morgan fingerprint density at radius 3 is 2.50 bits per heavy atom. The van der Waals surface area contributed by atoms with E-state index in [4.69, 9.17) is 0 Å². The van der Waals surface area contributed by atoms with Crippen LogP contribution in [0.3, 0.4) is 0 Å². The maximum atomic E-state index is 4.28. The lowest BCUT2D eigenvalue weighted by atomic mass is 9.99. The monoisotopic (exact) mass is 205 g/mol. The van der Waals surface area contributed by atoms with Crippen LogP contribution in [-0.4, -0.2) is 18.1 Å². The summed E-state index contributed by atoms with van der Waals surface area (Å²) in [6.45, 7) is 7.43. The Morgan fingerprint density at radius 2 is 2.10 bits per heavy atom. The van der Waals surface area contributed by atoms with Crippen LogP contribution < -0.4 is 0 Å². The minimum atomic E-state index is 0.217. The van der Waals surface area contributed by atoms with Crippen LogP contribution in [0.5, 0.6) is 0 Å². The number of hydrogen-bond acceptors (Lipinski definition) is 1. The summed E-state index contributed by atoms with van der Waals surface area (Å²) in [5, 5.41) is 0.979. The SMILES string of the molecule is CCCN=CC(C)(C)CBr. The molecule has 0 aromatic rings. The van der Waals surface area contributed by atoms with Gasteiger partial charge in [0.05, 0.1) is 0 Å². The Hall–Kier alpha value is 0.150. The highest BCUT2D eigenvalue weighted by Crippen LogP contribution is 2.14. The molecular formula is C8H16BrN. The first kappa shape index (κ1) is 10.2. The van der Waals surface area contributed by atoms with Gasteiger partial charge in [0.1, 0.15) is 0 Å². The van der Waals surface area contributed by atoms with Crippen LogP contribution >= 0.6 is 15.9 Å². The summed E-state index contributed by atoms with van der Waals surface area (Å²) in [7, 11) is 0. The topological polar surface area (TPSA) is 12.4 Å². The quantitative estimate of drug-likeness (QED) is 0.495. The Kier molecular flexibility index (Phi) is 4.96. The van der Waals surface area contributed by atoms with Crippen LogP contribution in [0.4, 0.5) is 0 Å². The predicted molar refractivity (Wildman–Crippen MR) is 51.2 cm³/mol. The maximum absolute atomic E-state index is 4.28. The Labute approximate surface area is 72.1 Å². The third-order valence-corrected chi connectivity index (χ3v) is 2.58. The first-order valence-corrected chi connectivity index (χ1v) is 4.81.